The summed E-state index contributed by atoms with van der Waals surface area (Å²) in [6.45, 7) is 5.31. The maximum Gasteiger partial charge on any atom is 0.475 e. The fourth-order valence-corrected chi connectivity index (χ4v) is 5.00. The van der Waals surface area contributed by atoms with Crippen LogP contribution in [0.3, 0.4) is 0 Å². The monoisotopic (exact) mass is 384 g/mol. The first kappa shape index (κ1) is 17.8. The first-order valence-corrected chi connectivity index (χ1v) is 9.67. The molecule has 0 radical (unpaired) electrons. The van der Waals surface area contributed by atoms with Crippen molar-refractivity contribution in [2.75, 3.05) is 12.3 Å². The third-order valence-electron chi connectivity index (χ3n) is 4.45. The summed E-state index contributed by atoms with van der Waals surface area (Å²) < 4.78 is 36.5. The predicted octanol–water partition coefficient (Wildman–Crippen LogP) is 0.812. The average Bonchev–Trinajstić information content (AvgIpc) is 3.07. The van der Waals surface area contributed by atoms with Crippen LogP contribution in [0.5, 0.6) is 0 Å². The van der Waals surface area contributed by atoms with E-state index < -0.39 is 31.7 Å². The highest BCUT2D eigenvalue weighted by Crippen LogP contribution is 2.59. The number of hydrogen-bond donors (Lipinski definition) is 2. The van der Waals surface area contributed by atoms with Gasteiger partial charge >= 0.3 is 7.82 Å². The second kappa shape index (κ2) is 5.95. The Balaban J connectivity index is 1.68. The molecule has 0 aromatic carbocycles. The lowest BCUT2D eigenvalue weighted by Crippen LogP contribution is -2.53. The predicted molar refractivity (Wildman–Crippen MR) is 90.1 cm³/mol. The molecule has 26 heavy (non-hydrogen) atoms. The molecule has 2 aromatic heterocycles. The fourth-order valence-electron chi connectivity index (χ4n) is 3.34. The second-order valence-electron chi connectivity index (χ2n) is 6.91. The van der Waals surface area contributed by atoms with Crippen LogP contribution in [0.25, 0.3) is 5.65 Å². The van der Waals surface area contributed by atoms with Gasteiger partial charge in [0.1, 0.15) is 24.6 Å². The lowest BCUT2D eigenvalue weighted by Gasteiger charge is -2.36. The van der Waals surface area contributed by atoms with Crippen LogP contribution in [0.15, 0.2) is 12.5 Å². The largest absolute Gasteiger partial charge is 0.475 e. The van der Waals surface area contributed by atoms with Crippen LogP contribution in [-0.2, 0) is 22.9 Å². The summed E-state index contributed by atoms with van der Waals surface area (Å²) in [6, 6.07) is 0. The van der Waals surface area contributed by atoms with Crippen LogP contribution in [0.2, 0.25) is 0 Å². The molecule has 0 amide bonds. The smallest absolute Gasteiger partial charge is 0.368 e. The van der Waals surface area contributed by atoms with Gasteiger partial charge in [0.05, 0.1) is 24.4 Å². The number of hydrogen-bond acceptors (Lipinski definition) is 10. The molecule has 4 N–H and O–H groups in total. The number of phosphoric ester groups is 1. The minimum atomic E-state index is -3.71. The summed E-state index contributed by atoms with van der Waals surface area (Å²) in [5, 5.41) is 4.19. The molecular weight excluding hydrogens is 363 g/mol. The van der Waals surface area contributed by atoms with E-state index in [-0.39, 0.29) is 18.7 Å². The molecule has 11 nitrogen and oxygen atoms in total. The van der Waals surface area contributed by atoms with Crippen molar-refractivity contribution in [3.05, 3.63) is 18.1 Å². The molecule has 0 bridgehead atoms. The van der Waals surface area contributed by atoms with E-state index in [0.717, 1.165) is 0 Å². The topological polar surface area (TPSA) is 149 Å². The molecule has 2 fully saturated rings. The summed E-state index contributed by atoms with van der Waals surface area (Å²) >= 11 is 0. The van der Waals surface area contributed by atoms with E-state index in [1.54, 1.807) is 27.0 Å². The molecule has 142 valence electrons. The lowest BCUT2D eigenvalue weighted by molar-refractivity contribution is -0.0629. The third kappa shape index (κ3) is 2.72. The van der Waals surface area contributed by atoms with Crippen LogP contribution in [0, 0.1) is 0 Å². The molecule has 2 aromatic rings. The van der Waals surface area contributed by atoms with E-state index in [9.17, 15) is 4.57 Å². The van der Waals surface area contributed by atoms with Crippen molar-refractivity contribution in [2.24, 2.45) is 5.73 Å². The Kier molecular flexibility index (Phi) is 4.07. The van der Waals surface area contributed by atoms with Gasteiger partial charge in [-0.3, -0.25) is 13.6 Å². The average molecular weight is 384 g/mol. The van der Waals surface area contributed by atoms with Crippen LogP contribution < -0.4 is 11.5 Å². The second-order valence-corrected chi connectivity index (χ2v) is 8.49. The molecular formula is C14H21N6O5P. The van der Waals surface area contributed by atoms with E-state index >= 15 is 0 Å². The highest BCUT2D eigenvalue weighted by Gasteiger charge is 2.59. The van der Waals surface area contributed by atoms with Gasteiger partial charge < -0.3 is 16.2 Å². The zero-order valence-corrected chi connectivity index (χ0v) is 15.5. The van der Waals surface area contributed by atoms with Gasteiger partial charge in [0.2, 0.25) is 5.95 Å². The number of nitrogens with two attached hydrogens (primary N) is 2. The first-order chi connectivity index (χ1) is 12.2. The number of aromatic nitrogens is 4. The number of rotatable bonds is 3. The molecule has 5 unspecified atom stereocenters. The van der Waals surface area contributed by atoms with Gasteiger partial charge in [0.15, 0.2) is 5.65 Å². The SMILES string of the molecule is CC(C)OP1(=O)OCC2OC(c3cnn4c(N)ncnc34)C(C)(N)C2O1. The summed E-state index contributed by atoms with van der Waals surface area (Å²) in [6.07, 6.45) is 0.813. The molecule has 2 aliphatic rings. The first-order valence-electron chi connectivity index (χ1n) is 8.21. The van der Waals surface area contributed by atoms with Gasteiger partial charge in [0, 0.05) is 5.56 Å². The van der Waals surface area contributed by atoms with Crippen molar-refractivity contribution in [3.63, 3.8) is 0 Å². The fraction of sp³-hybridized carbons (Fsp3) is 0.643. The number of phosphoric acid groups is 1. The van der Waals surface area contributed by atoms with E-state index in [1.165, 1.54) is 10.8 Å². The molecule has 4 heterocycles. The van der Waals surface area contributed by atoms with Gasteiger partial charge in [-0.25, -0.2) is 14.5 Å². The lowest BCUT2D eigenvalue weighted by atomic mass is 9.87. The Morgan fingerprint density at radius 3 is 2.96 bits per heavy atom. The molecule has 5 atom stereocenters. The Morgan fingerprint density at radius 2 is 2.23 bits per heavy atom. The van der Waals surface area contributed by atoms with Crippen LogP contribution >= 0.6 is 7.82 Å². The van der Waals surface area contributed by atoms with Gasteiger partial charge in [-0.2, -0.15) is 9.61 Å². The summed E-state index contributed by atoms with van der Waals surface area (Å²) in [7, 11) is -3.71. The molecule has 0 aliphatic carbocycles. The van der Waals surface area contributed by atoms with Gasteiger partial charge in [-0.1, -0.05) is 0 Å². The summed E-state index contributed by atoms with van der Waals surface area (Å²) in [4.78, 5) is 8.12. The number of anilines is 1. The normalized spacial score (nSPS) is 37.3. The van der Waals surface area contributed by atoms with Crippen molar-refractivity contribution in [1.82, 2.24) is 19.6 Å². The van der Waals surface area contributed by atoms with Crippen LogP contribution in [-0.4, -0.2) is 50.0 Å². The van der Waals surface area contributed by atoms with Crippen molar-refractivity contribution < 1.29 is 22.9 Å². The van der Waals surface area contributed by atoms with E-state index in [1.807, 2.05) is 0 Å². The highest BCUT2D eigenvalue weighted by molar-refractivity contribution is 7.48. The standard InChI is InChI=1S/C14H21N6O5P/c1-7(2)24-26(21)22-5-9-11(25-26)14(3,16)10(23-9)8-4-19-20-12(8)17-6-18-13(20)15/h4,6-7,9-11H,5,16H2,1-3H3,(H2,15,17,18). The maximum atomic E-state index is 12.7. The van der Waals surface area contributed by atoms with Gasteiger partial charge in [-0.15, -0.1) is 0 Å². The highest BCUT2D eigenvalue weighted by atomic mass is 31.2. The zero-order chi connectivity index (χ0) is 18.7. The van der Waals surface area contributed by atoms with Gasteiger partial charge in [-0.05, 0) is 20.8 Å². The van der Waals surface area contributed by atoms with Crippen LogP contribution in [0.1, 0.15) is 32.4 Å². The number of nitrogens with zero attached hydrogens (tertiary/aromatic N) is 4. The Bertz CT molecular complexity index is 886. The quantitative estimate of drug-likeness (QED) is 0.728. The minimum absolute atomic E-state index is 0.0499. The Labute approximate surface area is 149 Å². The molecule has 0 spiro atoms. The maximum absolute atomic E-state index is 12.7. The zero-order valence-electron chi connectivity index (χ0n) is 14.6. The Morgan fingerprint density at radius 1 is 1.46 bits per heavy atom. The van der Waals surface area contributed by atoms with E-state index in [0.29, 0.717) is 11.2 Å². The number of nitrogen functional groups attached to an aromatic ring is 1. The van der Waals surface area contributed by atoms with E-state index in [2.05, 4.69) is 15.1 Å². The number of fused-ring (bicyclic) bond motifs is 2. The number of ether oxygens (including phenoxy) is 1. The van der Waals surface area contributed by atoms with Crippen molar-refractivity contribution in [2.45, 2.75) is 50.7 Å². The van der Waals surface area contributed by atoms with Crippen LogP contribution in [0.4, 0.5) is 5.95 Å². The van der Waals surface area contributed by atoms with Crippen molar-refractivity contribution in [3.8, 4) is 0 Å². The third-order valence-corrected chi connectivity index (χ3v) is 6.08. The molecule has 2 saturated heterocycles. The minimum Gasteiger partial charge on any atom is -0.368 e. The van der Waals surface area contributed by atoms with Gasteiger partial charge in [0.25, 0.3) is 0 Å². The molecule has 2 aliphatic heterocycles. The molecule has 12 heteroatoms. The Hall–Kier alpha value is -1.62. The summed E-state index contributed by atoms with van der Waals surface area (Å²) in [5.74, 6) is 0.199. The summed E-state index contributed by atoms with van der Waals surface area (Å²) in [5.41, 5.74) is 12.5. The van der Waals surface area contributed by atoms with Crippen molar-refractivity contribution in [1.29, 1.82) is 0 Å². The van der Waals surface area contributed by atoms with Crippen molar-refractivity contribution >= 4 is 19.4 Å². The molecule has 4 rings (SSSR count). The van der Waals surface area contributed by atoms with E-state index in [4.69, 9.17) is 29.8 Å². The molecule has 0 saturated carbocycles.